The number of nitrogens with zero attached hydrogens (tertiary/aromatic N) is 2. The van der Waals surface area contributed by atoms with Gasteiger partial charge in [-0.1, -0.05) is 6.08 Å². The van der Waals surface area contributed by atoms with Crippen LogP contribution in [-0.2, 0) is 19.0 Å². The number of esters is 1. The molecule has 2 aliphatic rings. The normalized spacial score (nSPS) is 26.6. The summed E-state index contributed by atoms with van der Waals surface area (Å²) in [4.78, 5) is 34.8. The maximum absolute atomic E-state index is 11.8. The third kappa shape index (κ3) is 2.28. The Bertz CT molecular complexity index is 463. The van der Waals surface area contributed by atoms with Gasteiger partial charge >= 0.3 is 18.2 Å². The van der Waals surface area contributed by atoms with Gasteiger partial charge in [-0.05, 0) is 0 Å². The largest absolute Gasteiger partial charge is 0.469 e. The average molecular weight is 284 g/mol. The van der Waals surface area contributed by atoms with Gasteiger partial charge in [0.25, 0.3) is 0 Å². The molecule has 1 saturated carbocycles. The minimum absolute atomic E-state index is 0.00843. The maximum atomic E-state index is 11.8. The van der Waals surface area contributed by atoms with Crippen LogP contribution in [-0.4, -0.2) is 55.5 Å². The molecule has 0 saturated heterocycles. The number of hydrogen-bond donors (Lipinski definition) is 0. The van der Waals surface area contributed by atoms with Crippen molar-refractivity contribution in [1.82, 2.24) is 10.0 Å². The quantitative estimate of drug-likeness (QED) is 0.549. The zero-order chi connectivity index (χ0) is 14.9. The molecule has 0 aromatic carbocycles. The first-order valence-corrected chi connectivity index (χ1v) is 6.04. The number of rotatable bonds is 2. The van der Waals surface area contributed by atoms with Gasteiger partial charge in [0.1, 0.15) is 0 Å². The van der Waals surface area contributed by atoms with E-state index in [2.05, 4.69) is 14.2 Å². The summed E-state index contributed by atoms with van der Waals surface area (Å²) in [5, 5.41) is 2.22. The lowest BCUT2D eigenvalue weighted by molar-refractivity contribution is -0.141. The monoisotopic (exact) mass is 284 g/mol. The second-order valence-electron chi connectivity index (χ2n) is 4.48. The molecule has 8 nitrogen and oxygen atoms in total. The van der Waals surface area contributed by atoms with Crippen molar-refractivity contribution in [3.63, 3.8) is 0 Å². The zero-order valence-electron chi connectivity index (χ0n) is 11.4. The SMILES string of the molecule is COC(=O)CC1C2C=CN(C(=O)OC)N(C(=O)OC)C21. The van der Waals surface area contributed by atoms with Crippen molar-refractivity contribution < 1.29 is 28.6 Å². The highest BCUT2D eigenvalue weighted by atomic mass is 16.6. The molecule has 0 radical (unpaired) electrons. The Morgan fingerprint density at radius 2 is 1.70 bits per heavy atom. The van der Waals surface area contributed by atoms with Crippen LogP contribution in [0.2, 0.25) is 0 Å². The van der Waals surface area contributed by atoms with Crippen molar-refractivity contribution in [2.24, 2.45) is 11.8 Å². The van der Waals surface area contributed by atoms with Crippen molar-refractivity contribution in [2.75, 3.05) is 21.3 Å². The van der Waals surface area contributed by atoms with Crippen LogP contribution < -0.4 is 0 Å². The third-order valence-electron chi connectivity index (χ3n) is 3.50. The highest BCUT2D eigenvalue weighted by molar-refractivity contribution is 5.77. The van der Waals surface area contributed by atoms with E-state index in [1.165, 1.54) is 32.5 Å². The minimum atomic E-state index is -0.700. The van der Waals surface area contributed by atoms with Crippen LogP contribution in [0.4, 0.5) is 9.59 Å². The summed E-state index contributed by atoms with van der Waals surface area (Å²) in [6, 6.07) is -0.300. The molecule has 110 valence electrons. The first kappa shape index (κ1) is 14.2. The number of ether oxygens (including phenoxy) is 3. The van der Waals surface area contributed by atoms with Crippen LogP contribution in [0, 0.1) is 11.8 Å². The maximum Gasteiger partial charge on any atom is 0.432 e. The summed E-state index contributed by atoms with van der Waals surface area (Å²) in [5.74, 6) is -0.436. The van der Waals surface area contributed by atoms with E-state index in [0.717, 1.165) is 5.01 Å². The lowest BCUT2D eigenvalue weighted by Gasteiger charge is -2.32. The van der Waals surface area contributed by atoms with Crippen molar-refractivity contribution in [1.29, 1.82) is 0 Å². The Morgan fingerprint density at radius 1 is 1.05 bits per heavy atom. The van der Waals surface area contributed by atoms with E-state index in [0.29, 0.717) is 0 Å². The predicted molar refractivity (Wildman–Crippen MR) is 65.0 cm³/mol. The van der Waals surface area contributed by atoms with Gasteiger partial charge in [-0.25, -0.2) is 14.6 Å². The van der Waals surface area contributed by atoms with E-state index in [4.69, 9.17) is 0 Å². The number of amides is 2. The smallest absolute Gasteiger partial charge is 0.432 e. The lowest BCUT2D eigenvalue weighted by atomic mass is 10.2. The van der Waals surface area contributed by atoms with Gasteiger partial charge < -0.3 is 14.2 Å². The molecule has 0 aromatic rings. The van der Waals surface area contributed by atoms with Crippen LogP contribution in [0.5, 0.6) is 0 Å². The molecule has 1 heterocycles. The van der Waals surface area contributed by atoms with Crippen LogP contribution in [0.3, 0.4) is 0 Å². The van der Waals surface area contributed by atoms with Gasteiger partial charge in [0, 0.05) is 18.0 Å². The zero-order valence-corrected chi connectivity index (χ0v) is 11.4. The van der Waals surface area contributed by atoms with Crippen LogP contribution in [0.15, 0.2) is 12.3 Å². The lowest BCUT2D eigenvalue weighted by Crippen LogP contribution is -2.50. The summed E-state index contributed by atoms with van der Waals surface area (Å²) >= 11 is 0. The average Bonchev–Trinajstić information content (AvgIpc) is 3.17. The second kappa shape index (κ2) is 5.40. The van der Waals surface area contributed by atoms with Crippen LogP contribution in [0.1, 0.15) is 6.42 Å². The molecule has 8 heteroatoms. The Morgan fingerprint density at radius 3 is 2.25 bits per heavy atom. The number of fused-ring (bicyclic) bond motifs is 1. The van der Waals surface area contributed by atoms with Gasteiger partial charge in [0.2, 0.25) is 0 Å². The van der Waals surface area contributed by atoms with Gasteiger partial charge in [0.05, 0.1) is 33.8 Å². The van der Waals surface area contributed by atoms with Crippen molar-refractivity contribution in [2.45, 2.75) is 12.5 Å². The molecular weight excluding hydrogens is 268 g/mol. The highest BCUT2D eigenvalue weighted by Crippen LogP contribution is 2.50. The summed E-state index contributed by atoms with van der Waals surface area (Å²) in [7, 11) is 3.75. The van der Waals surface area contributed by atoms with Crippen LogP contribution in [0.25, 0.3) is 0 Å². The molecule has 2 amide bonds. The molecule has 0 spiro atoms. The van der Waals surface area contributed by atoms with Gasteiger partial charge in [-0.2, -0.15) is 5.01 Å². The predicted octanol–water partition coefficient (Wildman–Crippen LogP) is 0.743. The number of hydrazine groups is 1. The van der Waals surface area contributed by atoms with Gasteiger partial charge in [-0.15, -0.1) is 0 Å². The third-order valence-corrected chi connectivity index (χ3v) is 3.50. The Hall–Kier alpha value is -2.25. The van der Waals surface area contributed by atoms with E-state index in [9.17, 15) is 14.4 Å². The van der Waals surface area contributed by atoms with Crippen molar-refractivity contribution >= 4 is 18.2 Å². The van der Waals surface area contributed by atoms with E-state index in [1.807, 2.05) is 0 Å². The molecular formula is C12H16N2O6. The first-order valence-electron chi connectivity index (χ1n) is 6.04. The Kier molecular flexibility index (Phi) is 3.82. The molecule has 20 heavy (non-hydrogen) atoms. The Balaban J connectivity index is 2.17. The van der Waals surface area contributed by atoms with Gasteiger partial charge in [-0.3, -0.25) is 4.79 Å². The molecule has 3 unspecified atom stereocenters. The highest BCUT2D eigenvalue weighted by Gasteiger charge is 2.59. The Labute approximate surface area is 115 Å². The molecule has 1 aliphatic heterocycles. The first-order chi connectivity index (χ1) is 9.54. The van der Waals surface area contributed by atoms with E-state index >= 15 is 0 Å². The van der Waals surface area contributed by atoms with E-state index in [-0.39, 0.29) is 30.3 Å². The summed E-state index contributed by atoms with van der Waals surface area (Å²) < 4.78 is 13.9. The fraction of sp³-hybridized carbons (Fsp3) is 0.583. The molecule has 3 atom stereocenters. The van der Waals surface area contributed by atoms with Crippen LogP contribution >= 0.6 is 0 Å². The molecule has 0 bridgehead atoms. The minimum Gasteiger partial charge on any atom is -0.469 e. The summed E-state index contributed by atoms with van der Waals surface area (Å²) in [6.07, 6.45) is 2.02. The molecule has 1 aliphatic carbocycles. The fourth-order valence-corrected chi connectivity index (χ4v) is 2.46. The molecule has 1 fully saturated rings. The molecule has 2 rings (SSSR count). The number of carbonyl (C=O) groups excluding carboxylic acids is 3. The molecule has 0 aromatic heterocycles. The fourth-order valence-electron chi connectivity index (χ4n) is 2.46. The topological polar surface area (TPSA) is 85.4 Å². The van der Waals surface area contributed by atoms with E-state index in [1.54, 1.807) is 6.08 Å². The van der Waals surface area contributed by atoms with Crippen molar-refractivity contribution in [3.05, 3.63) is 12.3 Å². The van der Waals surface area contributed by atoms with Crippen molar-refractivity contribution in [3.8, 4) is 0 Å². The van der Waals surface area contributed by atoms with E-state index < -0.39 is 12.2 Å². The number of methoxy groups -OCH3 is 3. The number of carbonyl (C=O) groups is 3. The number of hydrogen-bond acceptors (Lipinski definition) is 6. The van der Waals surface area contributed by atoms with Gasteiger partial charge in [0.15, 0.2) is 0 Å². The summed E-state index contributed by atoms with van der Waals surface area (Å²) in [5.41, 5.74) is 0. The standard InChI is InChI=1S/C12H16N2O6/c1-18-9(15)6-8-7-4-5-13(11(16)19-2)14(10(7)8)12(17)20-3/h4-5,7-8,10H,6H2,1-3H3. The summed E-state index contributed by atoms with van der Waals surface area (Å²) in [6.45, 7) is 0. The second-order valence-corrected chi connectivity index (χ2v) is 4.48. The molecule has 0 N–H and O–H groups in total.